The molecule has 5 heteroatoms. The molecule has 0 radical (unpaired) electrons. The zero-order valence-electron chi connectivity index (χ0n) is 22.7. The highest BCUT2D eigenvalue weighted by molar-refractivity contribution is 5.85. The van der Waals surface area contributed by atoms with Crippen LogP contribution in [0.5, 0.6) is 0 Å². The van der Waals surface area contributed by atoms with Crippen LogP contribution in [0, 0.1) is 11.8 Å². The topological polar surface area (TPSA) is 51.1 Å². The maximum absolute atomic E-state index is 11.6. The molecule has 2 N–H and O–H groups in total. The van der Waals surface area contributed by atoms with E-state index < -0.39 is 6.23 Å². The fourth-order valence-electron chi connectivity index (χ4n) is 6.38. The number of fused-ring (bicyclic) bond motifs is 1. The van der Waals surface area contributed by atoms with Crippen molar-refractivity contribution in [1.82, 2.24) is 15.1 Å². The number of hydrogen-bond donors (Lipinski definition) is 2. The lowest BCUT2D eigenvalue weighted by atomic mass is 9.83. The quantitative estimate of drug-likeness (QED) is 0.522. The average molecular weight is 499 g/mol. The van der Waals surface area contributed by atoms with Crippen molar-refractivity contribution in [3.8, 4) is 0 Å². The molecule has 37 heavy (non-hydrogen) atoms. The summed E-state index contributed by atoms with van der Waals surface area (Å²) in [4.78, 5) is 9.57. The molecule has 2 fully saturated rings. The molecule has 0 spiro atoms. The van der Waals surface area contributed by atoms with E-state index in [4.69, 9.17) is 4.99 Å². The molecule has 2 aliphatic carbocycles. The van der Waals surface area contributed by atoms with Gasteiger partial charge in [-0.3, -0.25) is 4.99 Å². The van der Waals surface area contributed by atoms with Crippen LogP contribution in [-0.2, 0) is 0 Å². The standard InChI is InChI=1S/C32H42N4O/c1-21-7-12-27-13-14-28(35-16-15-33-23(3)19-35)20-36(27)31(37)18-29(21)26-6-4-5-25-9-8-22(2)34-32(25)30(17-26)24-10-11-24/h6,12-14,17-18,20-21,23-24,31,33,37H,4-5,7-11,15-16,19H2,1-3H3. The molecule has 1 saturated heterocycles. The normalized spacial score (nSPS) is 30.9. The molecule has 0 bridgehead atoms. The maximum atomic E-state index is 11.6. The monoisotopic (exact) mass is 498 g/mol. The van der Waals surface area contributed by atoms with Crippen molar-refractivity contribution in [2.45, 2.75) is 78.0 Å². The fraction of sp³-hybridized carbons (Fsp3) is 0.531. The zero-order valence-corrected chi connectivity index (χ0v) is 22.7. The third kappa shape index (κ3) is 5.21. The SMILES string of the molecule is CC1=NC2=C(CCC=C(C3=CC(O)N4C=C(N5CCNC(C)C5)C=CC4=CCC3C)C=C2C2CC2)CC1. The van der Waals surface area contributed by atoms with Crippen molar-refractivity contribution in [1.29, 1.82) is 0 Å². The lowest BCUT2D eigenvalue weighted by molar-refractivity contribution is 0.101. The molecule has 4 aliphatic heterocycles. The average Bonchev–Trinajstić information content (AvgIpc) is 3.72. The van der Waals surface area contributed by atoms with Gasteiger partial charge in [-0.15, -0.1) is 0 Å². The van der Waals surface area contributed by atoms with Crippen molar-refractivity contribution < 1.29 is 5.11 Å². The number of allylic oxidation sites excluding steroid dienone is 9. The van der Waals surface area contributed by atoms with E-state index in [0.29, 0.717) is 17.9 Å². The van der Waals surface area contributed by atoms with Gasteiger partial charge in [0.2, 0.25) is 0 Å². The Labute approximate surface area is 222 Å². The summed E-state index contributed by atoms with van der Waals surface area (Å²) in [5.74, 6) is 0.977. The second kappa shape index (κ2) is 10.3. The van der Waals surface area contributed by atoms with E-state index >= 15 is 0 Å². The number of nitrogens with zero attached hydrogens (tertiary/aromatic N) is 3. The molecule has 6 aliphatic rings. The smallest absolute Gasteiger partial charge is 0.150 e. The van der Waals surface area contributed by atoms with Crippen molar-refractivity contribution >= 4 is 5.71 Å². The largest absolute Gasteiger partial charge is 0.370 e. The molecule has 4 heterocycles. The Morgan fingerprint density at radius 1 is 1.03 bits per heavy atom. The number of nitrogens with one attached hydrogen (secondary N) is 1. The zero-order chi connectivity index (χ0) is 25.5. The van der Waals surface area contributed by atoms with Gasteiger partial charge in [-0.1, -0.05) is 19.1 Å². The summed E-state index contributed by atoms with van der Waals surface area (Å²) < 4.78 is 0. The Bertz CT molecular complexity index is 1190. The van der Waals surface area contributed by atoms with Crippen LogP contribution in [0.1, 0.15) is 65.7 Å². The molecule has 0 aromatic carbocycles. The van der Waals surface area contributed by atoms with Crippen LogP contribution in [-0.4, -0.2) is 52.5 Å². The molecule has 196 valence electrons. The van der Waals surface area contributed by atoms with Gasteiger partial charge < -0.3 is 20.2 Å². The minimum absolute atomic E-state index is 0.338. The number of aliphatic hydroxyl groups excluding tert-OH is 1. The summed E-state index contributed by atoms with van der Waals surface area (Å²) in [5.41, 5.74) is 10.4. The van der Waals surface area contributed by atoms with E-state index in [-0.39, 0.29) is 0 Å². The second-order valence-electron chi connectivity index (χ2n) is 11.8. The van der Waals surface area contributed by atoms with Crippen molar-refractivity contribution in [3.05, 3.63) is 82.0 Å². The molecular formula is C32H42N4O. The Kier molecular flexibility index (Phi) is 6.85. The molecule has 1 saturated carbocycles. The van der Waals surface area contributed by atoms with Crippen LogP contribution < -0.4 is 5.32 Å². The molecular weight excluding hydrogens is 456 g/mol. The molecule has 5 nitrogen and oxygen atoms in total. The predicted octanol–water partition coefficient (Wildman–Crippen LogP) is 5.73. The Hall–Kier alpha value is -2.63. The maximum Gasteiger partial charge on any atom is 0.150 e. The fourth-order valence-corrected chi connectivity index (χ4v) is 6.38. The first kappa shape index (κ1) is 24.7. The molecule has 3 unspecified atom stereocenters. The van der Waals surface area contributed by atoms with E-state index in [9.17, 15) is 5.11 Å². The van der Waals surface area contributed by atoms with Gasteiger partial charge in [-0.2, -0.15) is 0 Å². The lowest BCUT2D eigenvalue weighted by Gasteiger charge is -2.38. The Morgan fingerprint density at radius 3 is 2.68 bits per heavy atom. The summed E-state index contributed by atoms with van der Waals surface area (Å²) in [6.07, 6.45) is 23.0. The van der Waals surface area contributed by atoms with Crippen LogP contribution in [0.25, 0.3) is 0 Å². The van der Waals surface area contributed by atoms with Crippen LogP contribution in [0.4, 0.5) is 0 Å². The third-order valence-electron chi connectivity index (χ3n) is 8.72. The van der Waals surface area contributed by atoms with Gasteiger partial charge in [0.05, 0.1) is 11.4 Å². The Balaban J connectivity index is 1.33. The van der Waals surface area contributed by atoms with Crippen molar-refractivity contribution in [3.63, 3.8) is 0 Å². The summed E-state index contributed by atoms with van der Waals surface area (Å²) in [6.45, 7) is 9.68. The van der Waals surface area contributed by atoms with Gasteiger partial charge in [-0.05, 0) is 117 Å². The van der Waals surface area contributed by atoms with Gasteiger partial charge in [0.1, 0.15) is 0 Å². The Morgan fingerprint density at radius 2 is 1.86 bits per heavy atom. The van der Waals surface area contributed by atoms with Gasteiger partial charge in [-0.25, -0.2) is 0 Å². The van der Waals surface area contributed by atoms with Gasteiger partial charge in [0.25, 0.3) is 0 Å². The first-order chi connectivity index (χ1) is 18.0. The number of piperazine rings is 1. The molecule has 6 rings (SSSR count). The summed E-state index contributed by atoms with van der Waals surface area (Å²) in [5, 5.41) is 15.1. The number of aliphatic hydroxyl groups is 1. The summed E-state index contributed by atoms with van der Waals surface area (Å²) >= 11 is 0. The number of aliphatic imine (C=N–C) groups is 1. The molecule has 0 aromatic rings. The van der Waals surface area contributed by atoms with Gasteiger partial charge in [0.15, 0.2) is 6.23 Å². The first-order valence-corrected chi connectivity index (χ1v) is 14.4. The lowest BCUT2D eigenvalue weighted by Crippen LogP contribution is -2.49. The second-order valence-corrected chi connectivity index (χ2v) is 11.8. The van der Waals surface area contributed by atoms with Gasteiger partial charge >= 0.3 is 0 Å². The molecule has 3 atom stereocenters. The van der Waals surface area contributed by atoms with Crippen molar-refractivity contribution in [2.75, 3.05) is 19.6 Å². The minimum atomic E-state index is -0.696. The van der Waals surface area contributed by atoms with E-state index in [0.717, 1.165) is 57.4 Å². The predicted molar refractivity (Wildman–Crippen MR) is 152 cm³/mol. The van der Waals surface area contributed by atoms with E-state index in [1.165, 1.54) is 46.7 Å². The number of hydrogen-bond acceptors (Lipinski definition) is 5. The third-order valence-corrected chi connectivity index (χ3v) is 8.72. The summed E-state index contributed by atoms with van der Waals surface area (Å²) in [6, 6.07) is 0.469. The molecule has 0 amide bonds. The number of rotatable bonds is 3. The van der Waals surface area contributed by atoms with Crippen LogP contribution in [0.3, 0.4) is 0 Å². The van der Waals surface area contributed by atoms with Crippen LogP contribution in [0.15, 0.2) is 87.0 Å². The van der Waals surface area contributed by atoms with Crippen molar-refractivity contribution in [2.24, 2.45) is 16.8 Å². The van der Waals surface area contributed by atoms with Crippen LogP contribution in [0.2, 0.25) is 0 Å². The van der Waals surface area contributed by atoms with E-state index in [1.54, 1.807) is 5.57 Å². The highest BCUT2D eigenvalue weighted by Crippen LogP contribution is 2.46. The first-order valence-electron chi connectivity index (χ1n) is 14.4. The van der Waals surface area contributed by atoms with Gasteiger partial charge in [0, 0.05) is 43.3 Å². The minimum Gasteiger partial charge on any atom is -0.370 e. The van der Waals surface area contributed by atoms with Crippen LogP contribution >= 0.6 is 0 Å². The van der Waals surface area contributed by atoms with E-state index in [1.807, 2.05) is 0 Å². The molecule has 0 aromatic heterocycles. The summed E-state index contributed by atoms with van der Waals surface area (Å²) in [7, 11) is 0. The van der Waals surface area contributed by atoms with E-state index in [2.05, 4.69) is 78.5 Å². The highest BCUT2D eigenvalue weighted by atomic mass is 16.3. The highest BCUT2D eigenvalue weighted by Gasteiger charge is 2.32.